The molecule has 0 atom stereocenters. The number of anilines is 1. The number of hydrazine groups is 1. The summed E-state index contributed by atoms with van der Waals surface area (Å²) in [6, 6.07) is 12.8. The third-order valence-corrected chi connectivity index (χ3v) is 4.78. The molecular formula is C20H25N3. The summed E-state index contributed by atoms with van der Waals surface area (Å²) >= 11 is 0. The van der Waals surface area contributed by atoms with Crippen LogP contribution in [0.3, 0.4) is 0 Å². The minimum atomic E-state index is 0.666. The van der Waals surface area contributed by atoms with Gasteiger partial charge in [0, 0.05) is 18.3 Å². The van der Waals surface area contributed by atoms with Gasteiger partial charge in [0.25, 0.3) is 0 Å². The van der Waals surface area contributed by atoms with Gasteiger partial charge in [-0.15, -0.1) is 0 Å². The van der Waals surface area contributed by atoms with Gasteiger partial charge in [-0.25, -0.2) is 5.84 Å². The summed E-state index contributed by atoms with van der Waals surface area (Å²) in [7, 11) is 1.87. The molecule has 0 fully saturated rings. The van der Waals surface area contributed by atoms with Gasteiger partial charge in [-0.05, 0) is 61.4 Å². The van der Waals surface area contributed by atoms with E-state index in [0.717, 1.165) is 11.4 Å². The van der Waals surface area contributed by atoms with Crippen LogP contribution in [0.25, 0.3) is 0 Å². The first-order valence-corrected chi connectivity index (χ1v) is 8.27. The van der Waals surface area contributed by atoms with Crippen LogP contribution in [-0.2, 0) is 19.4 Å². The number of aliphatic imine (C=N–C) groups is 1. The molecule has 1 aliphatic carbocycles. The Morgan fingerprint density at radius 3 is 2.74 bits per heavy atom. The molecule has 0 bridgehead atoms. The zero-order chi connectivity index (χ0) is 16.4. The molecule has 3 rings (SSSR count). The zero-order valence-corrected chi connectivity index (χ0v) is 14.3. The molecular weight excluding hydrogens is 282 g/mol. The van der Waals surface area contributed by atoms with Gasteiger partial charge in [-0.2, -0.15) is 0 Å². The van der Waals surface area contributed by atoms with E-state index in [9.17, 15) is 0 Å². The lowest BCUT2D eigenvalue weighted by Gasteiger charge is -2.18. The number of aryl methyl sites for hydroxylation is 2. The number of rotatable bonds is 4. The quantitative estimate of drug-likeness (QED) is 0.530. The Labute approximate surface area is 138 Å². The summed E-state index contributed by atoms with van der Waals surface area (Å²) < 4.78 is 0. The molecule has 0 radical (unpaired) electrons. The van der Waals surface area contributed by atoms with Crippen molar-refractivity contribution < 1.29 is 0 Å². The van der Waals surface area contributed by atoms with Crippen LogP contribution in [0.5, 0.6) is 0 Å². The molecule has 0 saturated carbocycles. The number of nitrogens with two attached hydrogens (primary N) is 1. The summed E-state index contributed by atoms with van der Waals surface area (Å²) in [5.74, 6) is 5.96. The van der Waals surface area contributed by atoms with Crippen LogP contribution < -0.4 is 10.9 Å². The topological polar surface area (TPSA) is 41.6 Å². The van der Waals surface area contributed by atoms with Crippen LogP contribution in [-0.4, -0.2) is 12.8 Å². The lowest BCUT2D eigenvalue weighted by atomic mass is 10.00. The highest BCUT2D eigenvalue weighted by atomic mass is 15.4. The second-order valence-corrected chi connectivity index (χ2v) is 6.38. The predicted octanol–water partition coefficient (Wildman–Crippen LogP) is 3.80. The van der Waals surface area contributed by atoms with Crippen molar-refractivity contribution in [2.24, 2.45) is 10.8 Å². The van der Waals surface area contributed by atoms with E-state index in [1.54, 1.807) is 5.01 Å². The van der Waals surface area contributed by atoms with Crippen molar-refractivity contribution in [1.29, 1.82) is 0 Å². The first-order valence-electron chi connectivity index (χ1n) is 8.27. The Bertz CT molecular complexity index is 745. The van der Waals surface area contributed by atoms with Gasteiger partial charge in [-0.3, -0.25) is 4.99 Å². The molecule has 2 N–H and O–H groups in total. The Morgan fingerprint density at radius 1 is 1.17 bits per heavy atom. The highest BCUT2D eigenvalue weighted by Crippen LogP contribution is 2.27. The second-order valence-electron chi connectivity index (χ2n) is 6.38. The number of benzene rings is 2. The van der Waals surface area contributed by atoms with Crippen LogP contribution in [0, 0.1) is 6.92 Å². The largest absolute Gasteiger partial charge is 0.314 e. The monoisotopic (exact) mass is 307 g/mol. The highest BCUT2D eigenvalue weighted by Gasteiger charge is 2.15. The van der Waals surface area contributed by atoms with Crippen molar-refractivity contribution in [3.63, 3.8) is 0 Å². The van der Waals surface area contributed by atoms with Gasteiger partial charge in [-0.1, -0.05) is 30.3 Å². The normalized spacial score (nSPS) is 14.0. The average Bonchev–Trinajstić information content (AvgIpc) is 3.01. The minimum absolute atomic E-state index is 0.666. The number of hydrogen-bond acceptors (Lipinski definition) is 3. The zero-order valence-electron chi connectivity index (χ0n) is 14.3. The average molecular weight is 307 g/mol. The molecule has 0 amide bonds. The maximum atomic E-state index is 5.96. The molecule has 0 spiro atoms. The third kappa shape index (κ3) is 3.15. The number of fused-ring (bicyclic) bond motifs is 1. The van der Waals surface area contributed by atoms with E-state index in [4.69, 9.17) is 10.8 Å². The molecule has 120 valence electrons. The van der Waals surface area contributed by atoms with E-state index < -0.39 is 0 Å². The van der Waals surface area contributed by atoms with E-state index in [1.165, 1.54) is 47.1 Å². The predicted molar refractivity (Wildman–Crippen MR) is 98.2 cm³/mol. The van der Waals surface area contributed by atoms with Crippen LogP contribution in [0.15, 0.2) is 41.4 Å². The summed E-state index contributed by atoms with van der Waals surface area (Å²) in [5.41, 5.74) is 8.90. The van der Waals surface area contributed by atoms with E-state index in [-0.39, 0.29) is 0 Å². The fourth-order valence-corrected chi connectivity index (χ4v) is 3.46. The van der Waals surface area contributed by atoms with Crippen molar-refractivity contribution in [3.8, 4) is 0 Å². The standard InChI is InChI=1S/C20H25N3/c1-14-7-4-12-20(23(3)21)19(14)13-22-15(2)17-10-5-8-16-9-6-11-18(16)17/h4-5,7-8,10,12H,6,9,11,13,21H2,1-3H3. The van der Waals surface area contributed by atoms with Crippen molar-refractivity contribution in [2.45, 2.75) is 39.7 Å². The van der Waals surface area contributed by atoms with E-state index >= 15 is 0 Å². The van der Waals surface area contributed by atoms with Crippen LogP contribution in [0.2, 0.25) is 0 Å². The van der Waals surface area contributed by atoms with Crippen molar-refractivity contribution in [2.75, 3.05) is 12.1 Å². The molecule has 0 unspecified atom stereocenters. The smallest absolute Gasteiger partial charge is 0.0666 e. The fourth-order valence-electron chi connectivity index (χ4n) is 3.46. The molecule has 2 aromatic rings. The summed E-state index contributed by atoms with van der Waals surface area (Å²) in [5, 5.41) is 1.67. The van der Waals surface area contributed by atoms with Gasteiger partial charge in [0.05, 0.1) is 12.2 Å². The van der Waals surface area contributed by atoms with Crippen LogP contribution >= 0.6 is 0 Å². The lowest BCUT2D eigenvalue weighted by molar-refractivity contribution is 0.911. The Balaban J connectivity index is 1.91. The molecule has 23 heavy (non-hydrogen) atoms. The van der Waals surface area contributed by atoms with E-state index in [2.05, 4.69) is 38.1 Å². The van der Waals surface area contributed by atoms with Crippen molar-refractivity contribution >= 4 is 11.4 Å². The lowest BCUT2D eigenvalue weighted by Crippen LogP contribution is -2.26. The summed E-state index contributed by atoms with van der Waals surface area (Å²) in [4.78, 5) is 4.88. The van der Waals surface area contributed by atoms with E-state index in [1.807, 2.05) is 19.2 Å². The third-order valence-electron chi connectivity index (χ3n) is 4.78. The van der Waals surface area contributed by atoms with Crippen molar-refractivity contribution in [1.82, 2.24) is 0 Å². The molecule has 3 heteroatoms. The van der Waals surface area contributed by atoms with Crippen LogP contribution in [0.1, 0.15) is 41.2 Å². The Morgan fingerprint density at radius 2 is 1.96 bits per heavy atom. The van der Waals surface area contributed by atoms with E-state index in [0.29, 0.717) is 6.54 Å². The first kappa shape index (κ1) is 15.8. The maximum Gasteiger partial charge on any atom is 0.0666 e. The molecule has 3 nitrogen and oxygen atoms in total. The minimum Gasteiger partial charge on any atom is -0.314 e. The molecule has 0 aliphatic heterocycles. The Kier molecular flexibility index (Phi) is 4.49. The van der Waals surface area contributed by atoms with Gasteiger partial charge in [0.15, 0.2) is 0 Å². The summed E-state index contributed by atoms with van der Waals surface area (Å²) in [6.45, 7) is 4.91. The molecule has 0 heterocycles. The van der Waals surface area contributed by atoms with Crippen LogP contribution in [0.4, 0.5) is 5.69 Å². The number of hydrogen-bond donors (Lipinski definition) is 1. The van der Waals surface area contributed by atoms with Gasteiger partial charge in [0.2, 0.25) is 0 Å². The first-order chi connectivity index (χ1) is 11.1. The van der Waals surface area contributed by atoms with Gasteiger partial charge < -0.3 is 5.01 Å². The maximum absolute atomic E-state index is 5.96. The second kappa shape index (κ2) is 6.55. The molecule has 2 aromatic carbocycles. The fraction of sp³-hybridized carbons (Fsp3) is 0.350. The van der Waals surface area contributed by atoms with Gasteiger partial charge >= 0.3 is 0 Å². The molecule has 0 aromatic heterocycles. The van der Waals surface area contributed by atoms with Crippen molar-refractivity contribution in [3.05, 3.63) is 64.2 Å². The number of nitrogens with zero attached hydrogens (tertiary/aromatic N) is 2. The molecule has 0 saturated heterocycles. The summed E-state index contributed by atoms with van der Waals surface area (Å²) in [6.07, 6.45) is 3.65. The highest BCUT2D eigenvalue weighted by molar-refractivity contribution is 6.00. The van der Waals surface area contributed by atoms with Gasteiger partial charge in [0.1, 0.15) is 0 Å². The SMILES string of the molecule is CC(=NCc1c(C)cccc1N(C)N)c1cccc2c1CCC2. The Hall–Kier alpha value is -2.13. The molecule has 1 aliphatic rings.